The van der Waals surface area contributed by atoms with Gasteiger partial charge in [0.05, 0.1) is 5.54 Å². The van der Waals surface area contributed by atoms with E-state index >= 15 is 0 Å². The van der Waals surface area contributed by atoms with Gasteiger partial charge in [0.1, 0.15) is 0 Å². The maximum absolute atomic E-state index is 11.4. The summed E-state index contributed by atoms with van der Waals surface area (Å²) in [4.78, 5) is 26.3. The first-order valence-corrected chi connectivity index (χ1v) is 4.44. The van der Waals surface area contributed by atoms with Gasteiger partial charge in [-0.1, -0.05) is 0 Å². The number of carbonyl (C=O) groups excluding carboxylic acids is 2. The molecule has 0 heterocycles. The summed E-state index contributed by atoms with van der Waals surface area (Å²) in [5, 5.41) is 0. The number of rotatable bonds is 5. The minimum Gasteiger partial charge on any atom is -0.368 e. The SMILES string of the molecule is CC(N)(C(=O)NOCC(N)=O)C1CC1. The molecular formula is C8H15N3O3. The Hall–Kier alpha value is -1.14. The first kappa shape index (κ1) is 10.9. The predicted molar refractivity (Wildman–Crippen MR) is 48.6 cm³/mol. The summed E-state index contributed by atoms with van der Waals surface area (Å²) in [6.45, 7) is 1.31. The highest BCUT2D eigenvalue weighted by molar-refractivity contribution is 5.85. The number of hydrogen-bond donors (Lipinski definition) is 3. The van der Waals surface area contributed by atoms with E-state index in [1.165, 1.54) is 0 Å². The predicted octanol–water partition coefficient (Wildman–Crippen LogP) is -1.35. The zero-order valence-corrected chi connectivity index (χ0v) is 8.08. The standard InChI is InChI=1S/C8H15N3O3/c1-8(10,5-2-3-5)7(13)11-14-4-6(9)12/h5H,2-4,10H2,1H3,(H2,9,12)(H,11,13). The summed E-state index contributed by atoms with van der Waals surface area (Å²) < 4.78 is 0. The fourth-order valence-corrected chi connectivity index (χ4v) is 1.15. The summed E-state index contributed by atoms with van der Waals surface area (Å²) in [6.07, 6.45) is 1.91. The number of carbonyl (C=O) groups is 2. The Balaban J connectivity index is 2.30. The van der Waals surface area contributed by atoms with Crippen molar-refractivity contribution < 1.29 is 14.4 Å². The number of nitrogens with two attached hydrogens (primary N) is 2. The molecule has 2 amide bonds. The van der Waals surface area contributed by atoms with Crippen molar-refractivity contribution in [2.75, 3.05) is 6.61 Å². The van der Waals surface area contributed by atoms with Crippen LogP contribution in [0.25, 0.3) is 0 Å². The highest BCUT2D eigenvalue weighted by Crippen LogP contribution is 2.37. The second-order valence-corrected chi connectivity index (χ2v) is 3.74. The first-order valence-electron chi connectivity index (χ1n) is 4.44. The minimum absolute atomic E-state index is 0.208. The molecule has 6 nitrogen and oxygen atoms in total. The van der Waals surface area contributed by atoms with Gasteiger partial charge >= 0.3 is 0 Å². The summed E-state index contributed by atoms with van der Waals surface area (Å²) in [7, 11) is 0. The molecular weight excluding hydrogens is 186 g/mol. The molecule has 0 spiro atoms. The molecule has 0 radical (unpaired) electrons. The fourth-order valence-electron chi connectivity index (χ4n) is 1.15. The van der Waals surface area contributed by atoms with E-state index in [2.05, 4.69) is 10.3 Å². The van der Waals surface area contributed by atoms with Crippen LogP contribution in [0.15, 0.2) is 0 Å². The lowest BCUT2D eigenvalue weighted by atomic mass is 9.97. The average Bonchev–Trinajstić information content (AvgIpc) is 2.85. The van der Waals surface area contributed by atoms with Crippen LogP contribution in [0.1, 0.15) is 19.8 Å². The molecule has 0 aliphatic heterocycles. The van der Waals surface area contributed by atoms with Gasteiger partial charge in [-0.15, -0.1) is 0 Å². The van der Waals surface area contributed by atoms with Gasteiger partial charge in [0.2, 0.25) is 5.91 Å². The zero-order valence-electron chi connectivity index (χ0n) is 8.08. The molecule has 6 heteroatoms. The number of primary amides is 1. The second-order valence-electron chi connectivity index (χ2n) is 3.74. The van der Waals surface area contributed by atoms with E-state index in [0.29, 0.717) is 0 Å². The average molecular weight is 201 g/mol. The number of nitrogens with one attached hydrogen (secondary N) is 1. The highest BCUT2D eigenvalue weighted by Gasteiger charge is 2.44. The van der Waals surface area contributed by atoms with Crippen LogP contribution in [0.2, 0.25) is 0 Å². The van der Waals surface area contributed by atoms with Gasteiger partial charge in [-0.05, 0) is 25.7 Å². The van der Waals surface area contributed by atoms with Crippen LogP contribution in [0.4, 0.5) is 0 Å². The van der Waals surface area contributed by atoms with Gasteiger partial charge in [0, 0.05) is 0 Å². The van der Waals surface area contributed by atoms with Gasteiger partial charge in [0.15, 0.2) is 6.61 Å². The first-order chi connectivity index (χ1) is 6.44. The van der Waals surface area contributed by atoms with Crippen molar-refractivity contribution in [2.45, 2.75) is 25.3 Å². The largest absolute Gasteiger partial charge is 0.368 e. The Kier molecular flexibility index (Phi) is 3.07. The summed E-state index contributed by atoms with van der Waals surface area (Å²) >= 11 is 0. The molecule has 1 aliphatic rings. The van der Waals surface area contributed by atoms with E-state index < -0.39 is 17.4 Å². The van der Waals surface area contributed by atoms with Crippen LogP contribution >= 0.6 is 0 Å². The van der Waals surface area contributed by atoms with Crippen LogP contribution in [-0.2, 0) is 14.4 Å². The highest BCUT2D eigenvalue weighted by atomic mass is 16.7. The molecule has 1 aliphatic carbocycles. The van der Waals surface area contributed by atoms with E-state index in [4.69, 9.17) is 11.5 Å². The third-order valence-corrected chi connectivity index (χ3v) is 2.29. The van der Waals surface area contributed by atoms with E-state index in [0.717, 1.165) is 12.8 Å². The van der Waals surface area contributed by atoms with Crippen LogP contribution in [0, 0.1) is 5.92 Å². The third kappa shape index (κ3) is 2.68. The summed E-state index contributed by atoms with van der Waals surface area (Å²) in [6, 6.07) is 0. The molecule has 14 heavy (non-hydrogen) atoms. The van der Waals surface area contributed by atoms with Gasteiger partial charge in [0.25, 0.3) is 5.91 Å². The molecule has 0 aromatic rings. The van der Waals surface area contributed by atoms with E-state index in [1.54, 1.807) is 6.92 Å². The Bertz CT molecular complexity index is 248. The van der Waals surface area contributed by atoms with Crippen molar-refractivity contribution in [3.8, 4) is 0 Å². The second kappa shape index (κ2) is 3.93. The number of hydrogen-bond acceptors (Lipinski definition) is 4. The molecule has 0 bridgehead atoms. The Labute approximate surface area is 81.9 Å². The number of amides is 2. The Morgan fingerprint density at radius 1 is 1.57 bits per heavy atom. The molecule has 80 valence electrons. The van der Waals surface area contributed by atoms with E-state index in [-0.39, 0.29) is 12.5 Å². The van der Waals surface area contributed by atoms with Crippen molar-refractivity contribution in [2.24, 2.45) is 17.4 Å². The normalized spacial score (nSPS) is 19.9. The van der Waals surface area contributed by atoms with Crippen molar-refractivity contribution in [1.29, 1.82) is 0 Å². The molecule has 1 unspecified atom stereocenters. The summed E-state index contributed by atoms with van der Waals surface area (Å²) in [5.74, 6) is -0.851. The molecule has 0 saturated heterocycles. The van der Waals surface area contributed by atoms with Crippen LogP contribution < -0.4 is 16.9 Å². The molecule has 5 N–H and O–H groups in total. The Morgan fingerprint density at radius 2 is 2.14 bits per heavy atom. The minimum atomic E-state index is -0.919. The zero-order chi connectivity index (χ0) is 10.8. The topological polar surface area (TPSA) is 107 Å². The van der Waals surface area contributed by atoms with Crippen molar-refractivity contribution in [3.05, 3.63) is 0 Å². The van der Waals surface area contributed by atoms with E-state index in [9.17, 15) is 9.59 Å². The van der Waals surface area contributed by atoms with Crippen molar-refractivity contribution in [1.82, 2.24) is 5.48 Å². The quantitative estimate of drug-likeness (QED) is 0.478. The maximum Gasteiger partial charge on any atom is 0.263 e. The van der Waals surface area contributed by atoms with Gasteiger partial charge in [-0.2, -0.15) is 0 Å². The lowest BCUT2D eigenvalue weighted by Crippen LogP contribution is -2.53. The number of hydroxylamine groups is 1. The molecule has 1 fully saturated rings. The van der Waals surface area contributed by atoms with Crippen molar-refractivity contribution >= 4 is 11.8 Å². The van der Waals surface area contributed by atoms with E-state index in [1.807, 2.05) is 0 Å². The van der Waals surface area contributed by atoms with Gasteiger partial charge in [-0.3, -0.25) is 14.4 Å². The lowest BCUT2D eigenvalue weighted by molar-refractivity contribution is -0.142. The van der Waals surface area contributed by atoms with Crippen LogP contribution in [0.5, 0.6) is 0 Å². The van der Waals surface area contributed by atoms with Gasteiger partial charge in [-0.25, -0.2) is 5.48 Å². The van der Waals surface area contributed by atoms with Gasteiger partial charge < -0.3 is 11.5 Å². The van der Waals surface area contributed by atoms with Crippen molar-refractivity contribution in [3.63, 3.8) is 0 Å². The molecule has 1 saturated carbocycles. The third-order valence-electron chi connectivity index (χ3n) is 2.29. The molecule has 0 aromatic heterocycles. The van der Waals surface area contributed by atoms with Crippen LogP contribution in [-0.4, -0.2) is 24.0 Å². The Morgan fingerprint density at radius 3 is 2.57 bits per heavy atom. The maximum atomic E-state index is 11.4. The summed E-state index contributed by atoms with van der Waals surface area (Å²) in [5.41, 5.74) is 11.8. The lowest BCUT2D eigenvalue weighted by Gasteiger charge is -2.22. The molecule has 0 aromatic carbocycles. The smallest absolute Gasteiger partial charge is 0.263 e. The van der Waals surface area contributed by atoms with Crippen LogP contribution in [0.3, 0.4) is 0 Å². The molecule has 1 atom stereocenters. The molecule has 1 rings (SSSR count). The fraction of sp³-hybridized carbons (Fsp3) is 0.750. The monoisotopic (exact) mass is 201 g/mol.